The fourth-order valence-corrected chi connectivity index (χ4v) is 2.34. The predicted octanol–water partition coefficient (Wildman–Crippen LogP) is 2.90. The van der Waals surface area contributed by atoms with E-state index in [1.807, 2.05) is 23.6 Å². The molecule has 2 aromatic heterocycles. The number of hydrogen-bond donors (Lipinski definition) is 1. The van der Waals surface area contributed by atoms with Crippen molar-refractivity contribution in [3.8, 4) is 0 Å². The van der Waals surface area contributed by atoms with E-state index in [1.165, 1.54) is 18.4 Å². The average Bonchev–Trinajstić information content (AvgIpc) is 3.01. The second kappa shape index (κ2) is 3.62. The Morgan fingerprint density at radius 2 is 2.29 bits per heavy atom. The average molecular weight is 229 g/mol. The summed E-state index contributed by atoms with van der Waals surface area (Å²) in [4.78, 5) is 11.3. The molecular weight excluding hydrogens is 214 g/mol. The molecule has 3 rings (SSSR count). The van der Waals surface area contributed by atoms with Gasteiger partial charge in [-0.2, -0.15) is 0 Å². The molecule has 88 valence electrons. The Bertz CT molecular complexity index is 594. The van der Waals surface area contributed by atoms with Crippen molar-refractivity contribution in [1.29, 1.82) is 0 Å². The molecule has 1 saturated carbocycles. The molecule has 0 aromatic carbocycles. The number of hydrogen-bond acceptors (Lipinski definition) is 1. The van der Waals surface area contributed by atoms with Gasteiger partial charge in [0.2, 0.25) is 0 Å². The third-order valence-corrected chi connectivity index (χ3v) is 3.46. The summed E-state index contributed by atoms with van der Waals surface area (Å²) in [5.74, 6) is -0.123. The summed E-state index contributed by atoms with van der Waals surface area (Å²) in [5, 5.41) is 9.26. The van der Waals surface area contributed by atoms with E-state index in [1.54, 1.807) is 6.20 Å². The van der Waals surface area contributed by atoms with Crippen LogP contribution >= 0.6 is 0 Å². The van der Waals surface area contributed by atoms with Gasteiger partial charge in [0.1, 0.15) is 0 Å². The minimum absolute atomic E-state index is 0.461. The van der Waals surface area contributed by atoms with E-state index in [4.69, 9.17) is 0 Å². The third-order valence-electron chi connectivity index (χ3n) is 3.46. The van der Waals surface area contributed by atoms with E-state index in [0.717, 1.165) is 17.5 Å². The molecule has 0 atom stereocenters. The molecule has 1 fully saturated rings. The van der Waals surface area contributed by atoms with Crippen molar-refractivity contribution >= 4 is 11.5 Å². The van der Waals surface area contributed by atoms with Crippen LogP contribution in [0.2, 0.25) is 0 Å². The Labute approximate surface area is 99.7 Å². The van der Waals surface area contributed by atoms with Crippen molar-refractivity contribution in [2.24, 2.45) is 5.92 Å². The molecule has 0 aliphatic heterocycles. The number of carboxylic acids is 1. The third kappa shape index (κ3) is 1.82. The fraction of sp³-hybridized carbons (Fsp3) is 0.357. The van der Waals surface area contributed by atoms with Crippen LogP contribution in [0.4, 0.5) is 0 Å². The van der Waals surface area contributed by atoms with Gasteiger partial charge in [0.25, 0.3) is 0 Å². The van der Waals surface area contributed by atoms with Crippen molar-refractivity contribution in [2.75, 3.05) is 0 Å². The maximum atomic E-state index is 11.3. The van der Waals surface area contributed by atoms with Gasteiger partial charge in [0.05, 0.1) is 5.56 Å². The van der Waals surface area contributed by atoms with Crippen LogP contribution in [0.1, 0.15) is 34.3 Å². The number of aromatic carboxylic acids is 1. The van der Waals surface area contributed by atoms with Crippen LogP contribution in [0.5, 0.6) is 0 Å². The van der Waals surface area contributed by atoms with Crippen LogP contribution in [0.3, 0.4) is 0 Å². The van der Waals surface area contributed by atoms with E-state index in [2.05, 4.69) is 6.07 Å². The molecule has 1 N–H and O–H groups in total. The van der Waals surface area contributed by atoms with Gasteiger partial charge in [0, 0.05) is 17.9 Å². The summed E-state index contributed by atoms with van der Waals surface area (Å²) in [5.41, 5.74) is 3.69. The molecule has 17 heavy (non-hydrogen) atoms. The molecule has 3 nitrogen and oxygen atoms in total. The molecule has 0 spiro atoms. The second-order valence-electron chi connectivity index (χ2n) is 4.97. The highest BCUT2D eigenvalue weighted by Crippen LogP contribution is 2.35. The van der Waals surface area contributed by atoms with Gasteiger partial charge in [-0.25, -0.2) is 4.79 Å². The number of pyridine rings is 1. The molecule has 0 saturated heterocycles. The SMILES string of the molecule is Cc1ccn2cc(C(=O)O)c(CC3CC3)c2c1. The Morgan fingerprint density at radius 1 is 1.53 bits per heavy atom. The lowest BCUT2D eigenvalue weighted by Gasteiger charge is -2.01. The van der Waals surface area contributed by atoms with Gasteiger partial charge in [-0.15, -0.1) is 0 Å². The molecule has 1 aliphatic rings. The fourth-order valence-electron chi connectivity index (χ4n) is 2.34. The number of nitrogens with zero attached hydrogens (tertiary/aromatic N) is 1. The lowest BCUT2D eigenvalue weighted by Crippen LogP contribution is -1.99. The first kappa shape index (κ1) is 10.4. The van der Waals surface area contributed by atoms with E-state index in [9.17, 15) is 9.90 Å². The number of rotatable bonds is 3. The van der Waals surface area contributed by atoms with E-state index < -0.39 is 5.97 Å². The molecule has 0 radical (unpaired) electrons. The van der Waals surface area contributed by atoms with Crippen LogP contribution in [0.25, 0.3) is 5.52 Å². The maximum absolute atomic E-state index is 11.3. The normalized spacial score (nSPS) is 15.4. The van der Waals surface area contributed by atoms with Crippen LogP contribution < -0.4 is 0 Å². The van der Waals surface area contributed by atoms with Crippen molar-refractivity contribution in [2.45, 2.75) is 26.2 Å². The second-order valence-corrected chi connectivity index (χ2v) is 4.97. The smallest absolute Gasteiger partial charge is 0.337 e. The lowest BCUT2D eigenvalue weighted by atomic mass is 10.0. The number of aryl methyl sites for hydroxylation is 1. The molecule has 2 aromatic rings. The number of aromatic nitrogens is 1. The number of carbonyl (C=O) groups is 1. The molecule has 2 heterocycles. The van der Waals surface area contributed by atoms with Crippen LogP contribution in [0.15, 0.2) is 24.5 Å². The highest BCUT2D eigenvalue weighted by molar-refractivity contribution is 5.92. The van der Waals surface area contributed by atoms with Gasteiger partial charge in [-0.05, 0) is 55.4 Å². The largest absolute Gasteiger partial charge is 0.478 e. The molecule has 0 amide bonds. The molecule has 3 heteroatoms. The topological polar surface area (TPSA) is 41.7 Å². The van der Waals surface area contributed by atoms with Crippen molar-refractivity contribution in [3.63, 3.8) is 0 Å². The van der Waals surface area contributed by atoms with Gasteiger partial charge in [-0.3, -0.25) is 0 Å². The van der Waals surface area contributed by atoms with Crippen LogP contribution in [-0.4, -0.2) is 15.5 Å². The van der Waals surface area contributed by atoms with Crippen LogP contribution in [0, 0.1) is 12.8 Å². The zero-order chi connectivity index (χ0) is 12.0. The van der Waals surface area contributed by atoms with Gasteiger partial charge >= 0.3 is 5.97 Å². The highest BCUT2D eigenvalue weighted by atomic mass is 16.4. The maximum Gasteiger partial charge on any atom is 0.337 e. The monoisotopic (exact) mass is 229 g/mol. The summed E-state index contributed by atoms with van der Waals surface area (Å²) >= 11 is 0. The molecule has 0 bridgehead atoms. The summed E-state index contributed by atoms with van der Waals surface area (Å²) < 4.78 is 1.92. The zero-order valence-corrected chi connectivity index (χ0v) is 9.81. The molecular formula is C14H15NO2. The van der Waals surface area contributed by atoms with Crippen molar-refractivity contribution in [1.82, 2.24) is 4.40 Å². The van der Waals surface area contributed by atoms with Crippen LogP contribution in [-0.2, 0) is 6.42 Å². The number of carboxylic acid groups (broad SMARTS) is 1. The lowest BCUT2D eigenvalue weighted by molar-refractivity contribution is 0.0696. The first-order valence-corrected chi connectivity index (χ1v) is 5.98. The van der Waals surface area contributed by atoms with E-state index in [-0.39, 0.29) is 0 Å². The summed E-state index contributed by atoms with van der Waals surface area (Å²) in [6.07, 6.45) is 7.05. The van der Waals surface area contributed by atoms with E-state index in [0.29, 0.717) is 11.5 Å². The highest BCUT2D eigenvalue weighted by Gasteiger charge is 2.26. The summed E-state index contributed by atoms with van der Waals surface area (Å²) in [6, 6.07) is 4.07. The molecule has 1 aliphatic carbocycles. The van der Waals surface area contributed by atoms with Crippen molar-refractivity contribution in [3.05, 3.63) is 41.2 Å². The van der Waals surface area contributed by atoms with Gasteiger partial charge in [-0.1, -0.05) is 0 Å². The van der Waals surface area contributed by atoms with Gasteiger partial charge in [0.15, 0.2) is 0 Å². The number of fused-ring (bicyclic) bond motifs is 1. The molecule has 0 unspecified atom stereocenters. The standard InChI is InChI=1S/C14H15NO2/c1-9-4-5-15-8-12(14(16)17)11(13(15)6-9)7-10-2-3-10/h4-6,8,10H,2-3,7H2,1H3,(H,16,17). The first-order valence-electron chi connectivity index (χ1n) is 5.98. The minimum Gasteiger partial charge on any atom is -0.478 e. The minimum atomic E-state index is -0.818. The van der Waals surface area contributed by atoms with Gasteiger partial charge < -0.3 is 9.51 Å². The Hall–Kier alpha value is -1.77. The first-order chi connectivity index (χ1) is 8.15. The summed E-state index contributed by atoms with van der Waals surface area (Å²) in [7, 11) is 0. The van der Waals surface area contributed by atoms with E-state index >= 15 is 0 Å². The Morgan fingerprint density at radius 3 is 2.94 bits per heavy atom. The Kier molecular flexibility index (Phi) is 2.21. The Balaban J connectivity index is 2.20. The van der Waals surface area contributed by atoms with Crippen molar-refractivity contribution < 1.29 is 9.90 Å². The zero-order valence-electron chi connectivity index (χ0n) is 9.81. The summed E-state index contributed by atoms with van der Waals surface area (Å²) in [6.45, 7) is 2.04. The predicted molar refractivity (Wildman–Crippen MR) is 65.5 cm³/mol. The quantitative estimate of drug-likeness (QED) is 0.879.